The van der Waals surface area contributed by atoms with E-state index in [2.05, 4.69) is 10.6 Å². The molecule has 0 aliphatic carbocycles. The summed E-state index contributed by atoms with van der Waals surface area (Å²) in [5.41, 5.74) is 1.25. The number of methoxy groups -OCH3 is 1. The van der Waals surface area contributed by atoms with E-state index in [1.165, 1.54) is 11.7 Å². The molecule has 0 aliphatic rings. The van der Waals surface area contributed by atoms with Gasteiger partial charge in [-0.1, -0.05) is 66.7 Å². The SMILES string of the molecule is COC(=O)[C@H](Cc1cn(C(=O)OC(C)(C)C)c2ccccc12)NC(=O)[C@H](O)[C@@H](NC(=O)c1ccccc1)c1ccccc1. The molecular formula is C33H35N3O7. The number of aliphatic hydroxyl groups is 1. The molecule has 3 N–H and O–H groups in total. The first-order valence-electron chi connectivity index (χ1n) is 13.8. The van der Waals surface area contributed by atoms with Crippen molar-refractivity contribution in [2.75, 3.05) is 7.11 Å². The van der Waals surface area contributed by atoms with Crippen molar-refractivity contribution in [3.05, 3.63) is 108 Å². The maximum Gasteiger partial charge on any atom is 0.419 e. The first-order chi connectivity index (χ1) is 20.5. The number of hydrogen-bond donors (Lipinski definition) is 3. The Morgan fingerprint density at radius 1 is 0.860 bits per heavy atom. The molecule has 0 unspecified atom stereocenters. The molecule has 0 saturated carbocycles. The van der Waals surface area contributed by atoms with Crippen LogP contribution in [0.5, 0.6) is 0 Å². The summed E-state index contributed by atoms with van der Waals surface area (Å²) in [6.07, 6.45) is -0.841. The molecule has 0 radical (unpaired) electrons. The van der Waals surface area contributed by atoms with E-state index in [0.29, 0.717) is 27.6 Å². The van der Waals surface area contributed by atoms with Gasteiger partial charge >= 0.3 is 12.1 Å². The Hall–Kier alpha value is -4.96. The molecule has 4 aromatic rings. The smallest absolute Gasteiger partial charge is 0.419 e. The highest BCUT2D eigenvalue weighted by Gasteiger charge is 2.33. The number of ether oxygens (including phenoxy) is 2. The van der Waals surface area contributed by atoms with Gasteiger partial charge in [0.15, 0.2) is 6.10 Å². The van der Waals surface area contributed by atoms with Gasteiger partial charge in [0.1, 0.15) is 11.6 Å². The highest BCUT2D eigenvalue weighted by molar-refractivity contribution is 5.96. The van der Waals surface area contributed by atoms with Crippen molar-refractivity contribution in [3.8, 4) is 0 Å². The molecule has 0 bridgehead atoms. The number of carbonyl (C=O) groups is 4. The standard InChI is InChI=1S/C33H35N3O7/c1-33(2,3)43-32(41)36-20-23(24-17-11-12-18-26(24)36)19-25(31(40)42-4)34-30(39)28(37)27(21-13-7-5-8-14-21)35-29(38)22-15-9-6-10-16-22/h5-18,20,25,27-28,37H,19H2,1-4H3,(H,34,39)(H,35,38)/t25-,27-,28+/m0/s1. The minimum absolute atomic E-state index is 0.0478. The van der Waals surface area contributed by atoms with Gasteiger partial charge in [0.25, 0.3) is 11.8 Å². The van der Waals surface area contributed by atoms with Crippen LogP contribution in [0.3, 0.4) is 0 Å². The molecule has 10 heteroatoms. The number of hydrogen-bond acceptors (Lipinski definition) is 7. The third kappa shape index (κ3) is 7.66. The van der Waals surface area contributed by atoms with Crippen molar-refractivity contribution in [2.45, 2.75) is 51.0 Å². The van der Waals surface area contributed by atoms with Crippen LogP contribution in [0.15, 0.2) is 91.1 Å². The zero-order chi connectivity index (χ0) is 31.1. The van der Waals surface area contributed by atoms with E-state index >= 15 is 0 Å². The summed E-state index contributed by atoms with van der Waals surface area (Å²) < 4.78 is 11.9. The van der Waals surface area contributed by atoms with Gasteiger partial charge in [-0.2, -0.15) is 0 Å². The maximum atomic E-state index is 13.4. The van der Waals surface area contributed by atoms with Crippen LogP contribution in [0, 0.1) is 0 Å². The van der Waals surface area contributed by atoms with Crippen molar-refractivity contribution in [1.29, 1.82) is 0 Å². The topological polar surface area (TPSA) is 136 Å². The highest BCUT2D eigenvalue weighted by Crippen LogP contribution is 2.25. The molecule has 0 saturated heterocycles. The van der Waals surface area contributed by atoms with Gasteiger partial charge in [-0.05, 0) is 50.1 Å². The van der Waals surface area contributed by atoms with Crippen molar-refractivity contribution >= 4 is 34.8 Å². The molecule has 3 atom stereocenters. The van der Waals surface area contributed by atoms with Gasteiger partial charge in [0, 0.05) is 23.6 Å². The zero-order valence-electron chi connectivity index (χ0n) is 24.4. The Bertz CT molecular complexity index is 1590. The number of carbonyl (C=O) groups excluding carboxylic acids is 4. The number of amides is 2. The number of aliphatic hydroxyl groups excluding tert-OH is 1. The van der Waals surface area contributed by atoms with E-state index in [1.54, 1.807) is 112 Å². The summed E-state index contributed by atoms with van der Waals surface area (Å²) >= 11 is 0. The van der Waals surface area contributed by atoms with Crippen LogP contribution in [0.25, 0.3) is 10.9 Å². The van der Waals surface area contributed by atoms with Crippen molar-refractivity contribution < 1.29 is 33.8 Å². The van der Waals surface area contributed by atoms with Gasteiger partial charge in [-0.15, -0.1) is 0 Å². The fourth-order valence-electron chi connectivity index (χ4n) is 4.66. The predicted molar refractivity (Wildman–Crippen MR) is 160 cm³/mol. The van der Waals surface area contributed by atoms with E-state index < -0.39 is 47.7 Å². The van der Waals surface area contributed by atoms with Crippen LogP contribution < -0.4 is 10.6 Å². The second-order valence-corrected chi connectivity index (χ2v) is 11.0. The van der Waals surface area contributed by atoms with Crippen LogP contribution in [0.1, 0.15) is 48.3 Å². The summed E-state index contributed by atoms with van der Waals surface area (Å²) in [5, 5.41) is 17.2. The highest BCUT2D eigenvalue weighted by atomic mass is 16.6. The second kappa shape index (κ2) is 13.3. The third-order valence-electron chi connectivity index (χ3n) is 6.68. The molecular weight excluding hydrogens is 550 g/mol. The Labute approximate surface area is 249 Å². The number of esters is 1. The fourth-order valence-corrected chi connectivity index (χ4v) is 4.66. The molecule has 0 aliphatic heterocycles. The average molecular weight is 586 g/mol. The second-order valence-electron chi connectivity index (χ2n) is 11.0. The summed E-state index contributed by atoms with van der Waals surface area (Å²) in [6, 6.07) is 21.7. The van der Waals surface area contributed by atoms with Crippen LogP contribution in [-0.2, 0) is 25.5 Å². The first kappa shape index (κ1) is 31.0. The quantitative estimate of drug-likeness (QED) is 0.251. The summed E-state index contributed by atoms with van der Waals surface area (Å²) in [4.78, 5) is 52.2. The van der Waals surface area contributed by atoms with Crippen LogP contribution >= 0.6 is 0 Å². The lowest BCUT2D eigenvalue weighted by Gasteiger charge is -2.26. The van der Waals surface area contributed by atoms with Gasteiger partial charge in [-0.3, -0.25) is 14.2 Å². The molecule has 4 rings (SSSR count). The molecule has 1 heterocycles. The van der Waals surface area contributed by atoms with E-state index in [-0.39, 0.29) is 6.42 Å². The minimum atomic E-state index is -1.76. The van der Waals surface area contributed by atoms with Gasteiger partial charge < -0.3 is 25.2 Å². The Kier molecular flexibility index (Phi) is 9.62. The number of rotatable bonds is 9. The van der Waals surface area contributed by atoms with Crippen molar-refractivity contribution in [1.82, 2.24) is 15.2 Å². The fraction of sp³-hybridized carbons (Fsp3) is 0.273. The normalized spacial score (nSPS) is 13.4. The molecule has 43 heavy (non-hydrogen) atoms. The van der Waals surface area contributed by atoms with E-state index in [1.807, 2.05) is 0 Å². The first-order valence-corrected chi connectivity index (χ1v) is 13.8. The number of nitrogens with one attached hydrogen (secondary N) is 2. The summed E-state index contributed by atoms with van der Waals surface area (Å²) in [6.45, 7) is 5.28. The molecule has 10 nitrogen and oxygen atoms in total. The molecule has 0 fully saturated rings. The summed E-state index contributed by atoms with van der Waals surface area (Å²) in [7, 11) is 1.19. The van der Waals surface area contributed by atoms with Gasteiger partial charge in [0.05, 0.1) is 18.7 Å². The lowest BCUT2D eigenvalue weighted by atomic mass is 9.99. The predicted octanol–water partition coefficient (Wildman–Crippen LogP) is 4.16. The van der Waals surface area contributed by atoms with Gasteiger partial charge in [-0.25, -0.2) is 9.59 Å². The molecule has 1 aromatic heterocycles. The summed E-state index contributed by atoms with van der Waals surface area (Å²) in [5.74, 6) is -2.13. The molecule has 224 valence electrons. The maximum absolute atomic E-state index is 13.4. The zero-order valence-corrected chi connectivity index (χ0v) is 24.4. The Morgan fingerprint density at radius 3 is 2.09 bits per heavy atom. The number of aromatic nitrogens is 1. The van der Waals surface area contributed by atoms with Crippen LogP contribution in [0.2, 0.25) is 0 Å². The Morgan fingerprint density at radius 2 is 1.47 bits per heavy atom. The Balaban J connectivity index is 1.60. The van der Waals surface area contributed by atoms with Crippen molar-refractivity contribution in [2.24, 2.45) is 0 Å². The number of nitrogens with zero attached hydrogens (tertiary/aromatic N) is 1. The average Bonchev–Trinajstić information content (AvgIpc) is 3.37. The minimum Gasteiger partial charge on any atom is -0.467 e. The van der Waals surface area contributed by atoms with E-state index in [9.17, 15) is 24.3 Å². The van der Waals surface area contributed by atoms with Crippen LogP contribution in [-0.4, -0.2) is 58.4 Å². The lowest BCUT2D eigenvalue weighted by molar-refractivity contribution is -0.146. The molecule has 0 spiro atoms. The van der Waals surface area contributed by atoms with E-state index in [0.717, 1.165) is 0 Å². The lowest BCUT2D eigenvalue weighted by Crippen LogP contribution is -2.51. The largest absolute Gasteiger partial charge is 0.467 e. The molecule has 3 aromatic carbocycles. The monoisotopic (exact) mass is 585 g/mol. The van der Waals surface area contributed by atoms with Crippen LogP contribution in [0.4, 0.5) is 4.79 Å². The van der Waals surface area contributed by atoms with Gasteiger partial charge in [0.2, 0.25) is 0 Å². The third-order valence-corrected chi connectivity index (χ3v) is 6.68. The van der Waals surface area contributed by atoms with E-state index in [4.69, 9.17) is 9.47 Å². The molecule has 2 amide bonds. The number of fused-ring (bicyclic) bond motifs is 1. The number of benzene rings is 3. The number of para-hydroxylation sites is 1. The van der Waals surface area contributed by atoms with Crippen molar-refractivity contribution in [3.63, 3.8) is 0 Å².